The number of carbonyl (C=O) groups excluding carboxylic acids is 1. The van der Waals surface area contributed by atoms with Gasteiger partial charge in [0.2, 0.25) is 5.91 Å². The standard InChI is InChI=1S/C14H21FN2O/c1-9(2)8-16-14(18)11(4)17-13-7-10(3)5-6-12(13)15/h5-7,9,11,17H,8H2,1-4H3,(H,16,18). The third-order valence-electron chi connectivity index (χ3n) is 2.57. The molecule has 0 saturated carbocycles. The Bertz CT molecular complexity index is 418. The second-order valence-electron chi connectivity index (χ2n) is 4.99. The molecule has 0 fully saturated rings. The number of hydrogen-bond donors (Lipinski definition) is 2. The number of aryl methyl sites for hydroxylation is 1. The van der Waals surface area contributed by atoms with E-state index in [1.807, 2.05) is 20.8 Å². The van der Waals surface area contributed by atoms with Gasteiger partial charge in [0.05, 0.1) is 5.69 Å². The highest BCUT2D eigenvalue weighted by Crippen LogP contribution is 2.16. The molecule has 1 unspecified atom stereocenters. The van der Waals surface area contributed by atoms with Gasteiger partial charge < -0.3 is 10.6 Å². The first-order valence-corrected chi connectivity index (χ1v) is 6.20. The monoisotopic (exact) mass is 252 g/mol. The lowest BCUT2D eigenvalue weighted by Gasteiger charge is -2.17. The minimum Gasteiger partial charge on any atom is -0.372 e. The summed E-state index contributed by atoms with van der Waals surface area (Å²) in [5, 5.41) is 5.70. The molecule has 2 N–H and O–H groups in total. The van der Waals surface area contributed by atoms with Crippen LogP contribution in [0.5, 0.6) is 0 Å². The van der Waals surface area contributed by atoms with E-state index >= 15 is 0 Å². The van der Waals surface area contributed by atoms with E-state index in [0.29, 0.717) is 18.2 Å². The van der Waals surface area contributed by atoms with Crippen molar-refractivity contribution in [3.8, 4) is 0 Å². The summed E-state index contributed by atoms with van der Waals surface area (Å²) >= 11 is 0. The van der Waals surface area contributed by atoms with E-state index < -0.39 is 6.04 Å². The molecule has 0 aliphatic rings. The van der Waals surface area contributed by atoms with Crippen molar-refractivity contribution >= 4 is 11.6 Å². The number of amides is 1. The topological polar surface area (TPSA) is 41.1 Å². The van der Waals surface area contributed by atoms with Crippen LogP contribution in [0.2, 0.25) is 0 Å². The van der Waals surface area contributed by atoms with Crippen LogP contribution in [0.1, 0.15) is 26.3 Å². The summed E-state index contributed by atoms with van der Waals surface area (Å²) < 4.78 is 13.5. The average molecular weight is 252 g/mol. The van der Waals surface area contributed by atoms with Gasteiger partial charge in [0.25, 0.3) is 0 Å². The van der Waals surface area contributed by atoms with Gasteiger partial charge in [-0.1, -0.05) is 19.9 Å². The first-order valence-electron chi connectivity index (χ1n) is 6.20. The van der Waals surface area contributed by atoms with Crippen LogP contribution in [0.15, 0.2) is 18.2 Å². The van der Waals surface area contributed by atoms with Crippen molar-refractivity contribution in [3.05, 3.63) is 29.6 Å². The molecule has 100 valence electrons. The van der Waals surface area contributed by atoms with Crippen LogP contribution < -0.4 is 10.6 Å². The van der Waals surface area contributed by atoms with Gasteiger partial charge in [-0.05, 0) is 37.5 Å². The lowest BCUT2D eigenvalue weighted by Crippen LogP contribution is -2.39. The van der Waals surface area contributed by atoms with Gasteiger partial charge in [-0.3, -0.25) is 4.79 Å². The molecule has 1 rings (SSSR count). The largest absolute Gasteiger partial charge is 0.372 e. The molecule has 0 radical (unpaired) electrons. The van der Waals surface area contributed by atoms with Gasteiger partial charge >= 0.3 is 0 Å². The minimum atomic E-state index is -0.458. The zero-order valence-corrected chi connectivity index (χ0v) is 11.4. The van der Waals surface area contributed by atoms with Crippen molar-refractivity contribution in [2.24, 2.45) is 5.92 Å². The van der Waals surface area contributed by atoms with Crippen molar-refractivity contribution in [1.29, 1.82) is 0 Å². The van der Waals surface area contributed by atoms with Crippen LogP contribution in [-0.2, 0) is 4.79 Å². The number of hydrogen-bond acceptors (Lipinski definition) is 2. The summed E-state index contributed by atoms with van der Waals surface area (Å²) in [4.78, 5) is 11.8. The van der Waals surface area contributed by atoms with Crippen LogP contribution in [0.4, 0.5) is 10.1 Å². The van der Waals surface area contributed by atoms with Gasteiger partial charge in [-0.25, -0.2) is 4.39 Å². The average Bonchev–Trinajstić information content (AvgIpc) is 2.30. The molecule has 0 aliphatic carbocycles. The van der Waals surface area contributed by atoms with E-state index in [4.69, 9.17) is 0 Å². The zero-order valence-electron chi connectivity index (χ0n) is 11.4. The Morgan fingerprint density at radius 3 is 2.61 bits per heavy atom. The molecule has 1 aromatic carbocycles. The molecule has 1 atom stereocenters. The van der Waals surface area contributed by atoms with Gasteiger partial charge in [0.1, 0.15) is 11.9 Å². The van der Waals surface area contributed by atoms with E-state index in [1.54, 1.807) is 19.1 Å². The normalized spacial score (nSPS) is 12.3. The van der Waals surface area contributed by atoms with Crippen LogP contribution in [0, 0.1) is 18.7 Å². The fourth-order valence-electron chi connectivity index (χ4n) is 1.51. The Balaban J connectivity index is 2.60. The highest BCUT2D eigenvalue weighted by molar-refractivity contribution is 5.84. The Kier molecular flexibility index (Phi) is 5.13. The summed E-state index contributed by atoms with van der Waals surface area (Å²) in [7, 11) is 0. The molecule has 0 aromatic heterocycles. The van der Waals surface area contributed by atoms with Gasteiger partial charge in [0, 0.05) is 6.54 Å². The Morgan fingerprint density at radius 1 is 1.33 bits per heavy atom. The van der Waals surface area contributed by atoms with E-state index in [0.717, 1.165) is 5.56 Å². The molecule has 1 aromatic rings. The first kappa shape index (κ1) is 14.5. The van der Waals surface area contributed by atoms with E-state index in [2.05, 4.69) is 10.6 Å². The Hall–Kier alpha value is -1.58. The molecule has 0 saturated heterocycles. The quantitative estimate of drug-likeness (QED) is 0.846. The molecule has 3 nitrogen and oxygen atoms in total. The second-order valence-corrected chi connectivity index (χ2v) is 4.99. The van der Waals surface area contributed by atoms with Crippen LogP contribution in [0.25, 0.3) is 0 Å². The highest BCUT2D eigenvalue weighted by atomic mass is 19.1. The maximum Gasteiger partial charge on any atom is 0.242 e. The molecule has 0 bridgehead atoms. The first-order chi connectivity index (χ1) is 8.40. The van der Waals surface area contributed by atoms with Crippen molar-refractivity contribution < 1.29 is 9.18 Å². The van der Waals surface area contributed by atoms with E-state index in [-0.39, 0.29) is 11.7 Å². The third kappa shape index (κ3) is 4.35. The molecule has 0 spiro atoms. The number of carbonyl (C=O) groups is 1. The van der Waals surface area contributed by atoms with Crippen LogP contribution in [0.3, 0.4) is 0 Å². The maximum atomic E-state index is 13.5. The highest BCUT2D eigenvalue weighted by Gasteiger charge is 2.14. The smallest absolute Gasteiger partial charge is 0.242 e. The van der Waals surface area contributed by atoms with Crippen molar-refractivity contribution in [2.75, 3.05) is 11.9 Å². The molecule has 4 heteroatoms. The summed E-state index contributed by atoms with van der Waals surface area (Å²) in [6, 6.07) is 4.34. The predicted octanol–water partition coefficient (Wildman–Crippen LogP) is 2.71. The summed E-state index contributed by atoms with van der Waals surface area (Å²) in [5.41, 5.74) is 1.32. The maximum absolute atomic E-state index is 13.5. The number of anilines is 1. The molecule has 0 heterocycles. The molecule has 1 amide bonds. The van der Waals surface area contributed by atoms with Crippen LogP contribution >= 0.6 is 0 Å². The fraction of sp³-hybridized carbons (Fsp3) is 0.500. The third-order valence-corrected chi connectivity index (χ3v) is 2.57. The van der Waals surface area contributed by atoms with Crippen molar-refractivity contribution in [2.45, 2.75) is 33.7 Å². The van der Waals surface area contributed by atoms with E-state index in [1.165, 1.54) is 6.07 Å². The summed E-state index contributed by atoms with van der Waals surface area (Å²) in [6.07, 6.45) is 0. The number of halogens is 1. The minimum absolute atomic E-state index is 0.121. The molecule has 0 aliphatic heterocycles. The van der Waals surface area contributed by atoms with Gasteiger partial charge in [-0.2, -0.15) is 0 Å². The Morgan fingerprint density at radius 2 is 2.00 bits per heavy atom. The van der Waals surface area contributed by atoms with E-state index in [9.17, 15) is 9.18 Å². The number of rotatable bonds is 5. The summed E-state index contributed by atoms with van der Waals surface area (Å²) in [5.74, 6) is -0.0643. The Labute approximate surface area is 108 Å². The zero-order chi connectivity index (χ0) is 13.7. The SMILES string of the molecule is Cc1ccc(F)c(NC(C)C(=O)NCC(C)C)c1. The predicted molar refractivity (Wildman–Crippen MR) is 72.1 cm³/mol. The molecule has 18 heavy (non-hydrogen) atoms. The number of nitrogens with one attached hydrogen (secondary N) is 2. The summed E-state index contributed by atoms with van der Waals surface area (Å²) in [6.45, 7) is 8.28. The van der Waals surface area contributed by atoms with Gasteiger partial charge in [-0.15, -0.1) is 0 Å². The lowest BCUT2D eigenvalue weighted by atomic mass is 10.2. The van der Waals surface area contributed by atoms with Gasteiger partial charge in [0.15, 0.2) is 0 Å². The molecular weight excluding hydrogens is 231 g/mol. The van der Waals surface area contributed by atoms with Crippen LogP contribution in [-0.4, -0.2) is 18.5 Å². The molecular formula is C14H21FN2O. The van der Waals surface area contributed by atoms with Crippen molar-refractivity contribution in [1.82, 2.24) is 5.32 Å². The second kappa shape index (κ2) is 6.38. The number of benzene rings is 1. The van der Waals surface area contributed by atoms with Crippen molar-refractivity contribution in [3.63, 3.8) is 0 Å². The fourth-order valence-corrected chi connectivity index (χ4v) is 1.51. The lowest BCUT2D eigenvalue weighted by molar-refractivity contribution is -0.121.